The highest BCUT2D eigenvalue weighted by Crippen LogP contribution is 2.32. The van der Waals surface area contributed by atoms with Crippen molar-refractivity contribution in [1.82, 2.24) is 9.97 Å². The molecular weight excluding hydrogens is 284 g/mol. The molecule has 0 unspecified atom stereocenters. The lowest BCUT2D eigenvalue weighted by Gasteiger charge is -1.98. The van der Waals surface area contributed by atoms with E-state index in [0.717, 1.165) is 27.4 Å². The smallest absolute Gasteiger partial charge is 0.131 e. The van der Waals surface area contributed by atoms with Crippen LogP contribution < -0.4 is 0 Å². The Hall–Kier alpha value is 0.0400. The van der Waals surface area contributed by atoms with Crippen LogP contribution in [0.2, 0.25) is 0 Å². The van der Waals surface area contributed by atoms with Gasteiger partial charge in [-0.05, 0) is 50.6 Å². The summed E-state index contributed by atoms with van der Waals surface area (Å²) < 4.78 is 1.72. The molecule has 0 N–H and O–H groups in total. The monoisotopic (exact) mass is 290 g/mol. The SMILES string of the molecule is Brc1cc(Br)nc(CC2CC2)n1. The van der Waals surface area contributed by atoms with Crippen LogP contribution in [0.5, 0.6) is 0 Å². The molecule has 4 heteroatoms. The fourth-order valence-electron chi connectivity index (χ4n) is 1.11. The molecule has 2 nitrogen and oxygen atoms in total. The van der Waals surface area contributed by atoms with Crippen molar-refractivity contribution < 1.29 is 0 Å². The van der Waals surface area contributed by atoms with Crippen LogP contribution in [-0.4, -0.2) is 9.97 Å². The number of hydrogen-bond donors (Lipinski definition) is 0. The predicted molar refractivity (Wildman–Crippen MR) is 53.9 cm³/mol. The van der Waals surface area contributed by atoms with Gasteiger partial charge in [0.2, 0.25) is 0 Å². The molecule has 1 saturated carbocycles. The highest BCUT2D eigenvalue weighted by atomic mass is 79.9. The van der Waals surface area contributed by atoms with Gasteiger partial charge in [0.05, 0.1) is 0 Å². The van der Waals surface area contributed by atoms with E-state index in [1.165, 1.54) is 12.8 Å². The van der Waals surface area contributed by atoms with E-state index in [1.807, 2.05) is 6.07 Å². The number of hydrogen-bond acceptors (Lipinski definition) is 2. The second-order valence-electron chi connectivity index (χ2n) is 3.08. The molecule has 0 amide bonds. The molecule has 0 atom stereocenters. The van der Waals surface area contributed by atoms with Crippen molar-refractivity contribution in [2.45, 2.75) is 19.3 Å². The summed E-state index contributed by atoms with van der Waals surface area (Å²) >= 11 is 6.68. The predicted octanol–water partition coefficient (Wildman–Crippen LogP) is 2.95. The van der Waals surface area contributed by atoms with Gasteiger partial charge in [0.1, 0.15) is 15.0 Å². The third kappa shape index (κ3) is 2.26. The Morgan fingerprint density at radius 2 is 1.83 bits per heavy atom. The Morgan fingerprint density at radius 3 is 2.33 bits per heavy atom. The molecule has 1 aromatic heterocycles. The Bertz CT molecular complexity index is 277. The highest BCUT2D eigenvalue weighted by molar-refractivity contribution is 9.11. The van der Waals surface area contributed by atoms with Crippen LogP contribution in [0, 0.1) is 5.92 Å². The average Bonchev–Trinajstić information content (AvgIpc) is 2.68. The van der Waals surface area contributed by atoms with Gasteiger partial charge in [-0.2, -0.15) is 0 Å². The standard InChI is InChI=1S/C8H8Br2N2/c9-6-4-7(10)12-8(11-6)3-5-1-2-5/h4-5H,1-3H2. The van der Waals surface area contributed by atoms with Crippen molar-refractivity contribution in [3.8, 4) is 0 Å². The van der Waals surface area contributed by atoms with Crippen LogP contribution in [0.4, 0.5) is 0 Å². The molecule has 1 fully saturated rings. The third-order valence-electron chi connectivity index (χ3n) is 1.88. The van der Waals surface area contributed by atoms with Gasteiger partial charge in [-0.15, -0.1) is 0 Å². The summed E-state index contributed by atoms with van der Waals surface area (Å²) in [5.74, 6) is 1.78. The van der Waals surface area contributed by atoms with E-state index in [2.05, 4.69) is 41.8 Å². The molecule has 0 aromatic carbocycles. The quantitative estimate of drug-likeness (QED) is 0.783. The maximum atomic E-state index is 4.29. The normalized spacial score (nSPS) is 16.5. The van der Waals surface area contributed by atoms with Gasteiger partial charge in [0.15, 0.2) is 0 Å². The molecule has 0 saturated heterocycles. The Labute approximate surface area is 88.1 Å². The lowest BCUT2D eigenvalue weighted by atomic mass is 10.3. The summed E-state index contributed by atoms with van der Waals surface area (Å²) in [5, 5.41) is 0. The van der Waals surface area contributed by atoms with Gasteiger partial charge in [-0.3, -0.25) is 0 Å². The second-order valence-corrected chi connectivity index (χ2v) is 4.70. The Morgan fingerprint density at radius 1 is 1.25 bits per heavy atom. The molecular formula is C8H8Br2N2. The van der Waals surface area contributed by atoms with E-state index in [1.54, 1.807) is 0 Å². The van der Waals surface area contributed by atoms with Crippen LogP contribution in [-0.2, 0) is 6.42 Å². The molecule has 1 aromatic rings. The molecule has 0 spiro atoms. The molecule has 1 heterocycles. The minimum atomic E-state index is 0.839. The van der Waals surface area contributed by atoms with Crippen LogP contribution in [0.3, 0.4) is 0 Å². The summed E-state index contributed by atoms with van der Waals surface area (Å²) in [6.45, 7) is 0. The molecule has 2 rings (SSSR count). The average molecular weight is 292 g/mol. The molecule has 0 radical (unpaired) electrons. The van der Waals surface area contributed by atoms with Crippen LogP contribution >= 0.6 is 31.9 Å². The Kier molecular flexibility index (Phi) is 2.46. The first-order valence-electron chi connectivity index (χ1n) is 3.93. The number of nitrogens with zero attached hydrogens (tertiary/aromatic N) is 2. The zero-order valence-corrected chi connectivity index (χ0v) is 9.60. The highest BCUT2D eigenvalue weighted by Gasteiger charge is 2.22. The molecule has 64 valence electrons. The third-order valence-corrected chi connectivity index (χ3v) is 2.69. The van der Waals surface area contributed by atoms with Crippen LogP contribution in [0.15, 0.2) is 15.3 Å². The zero-order chi connectivity index (χ0) is 8.55. The van der Waals surface area contributed by atoms with Gasteiger partial charge >= 0.3 is 0 Å². The first-order valence-corrected chi connectivity index (χ1v) is 5.51. The topological polar surface area (TPSA) is 25.8 Å². The van der Waals surface area contributed by atoms with Crippen LogP contribution in [0.1, 0.15) is 18.7 Å². The van der Waals surface area contributed by atoms with E-state index in [0.29, 0.717) is 0 Å². The second kappa shape index (κ2) is 3.42. The van der Waals surface area contributed by atoms with Crippen molar-refractivity contribution in [1.29, 1.82) is 0 Å². The van der Waals surface area contributed by atoms with Gasteiger partial charge in [-0.25, -0.2) is 9.97 Å². The molecule has 1 aliphatic carbocycles. The molecule has 0 aliphatic heterocycles. The minimum absolute atomic E-state index is 0.839. The first kappa shape index (κ1) is 8.63. The maximum absolute atomic E-state index is 4.29. The van der Waals surface area contributed by atoms with E-state index in [9.17, 15) is 0 Å². The van der Waals surface area contributed by atoms with Crippen molar-refractivity contribution in [3.05, 3.63) is 21.1 Å². The lowest BCUT2D eigenvalue weighted by molar-refractivity contribution is 0.762. The number of aromatic nitrogens is 2. The van der Waals surface area contributed by atoms with Gasteiger partial charge < -0.3 is 0 Å². The minimum Gasteiger partial charge on any atom is -0.226 e. The van der Waals surface area contributed by atoms with Gasteiger partial charge in [0, 0.05) is 12.5 Å². The number of rotatable bonds is 2. The van der Waals surface area contributed by atoms with E-state index < -0.39 is 0 Å². The fourth-order valence-corrected chi connectivity index (χ4v) is 2.26. The van der Waals surface area contributed by atoms with Crippen LogP contribution in [0.25, 0.3) is 0 Å². The summed E-state index contributed by atoms with van der Waals surface area (Å²) in [5.41, 5.74) is 0. The zero-order valence-electron chi connectivity index (χ0n) is 6.43. The van der Waals surface area contributed by atoms with E-state index in [4.69, 9.17) is 0 Å². The van der Waals surface area contributed by atoms with Crippen molar-refractivity contribution >= 4 is 31.9 Å². The first-order chi connectivity index (χ1) is 5.74. The summed E-state index contributed by atoms with van der Waals surface area (Å²) in [6.07, 6.45) is 3.71. The maximum Gasteiger partial charge on any atom is 0.131 e. The lowest BCUT2D eigenvalue weighted by Crippen LogP contribution is -1.96. The molecule has 12 heavy (non-hydrogen) atoms. The van der Waals surface area contributed by atoms with E-state index in [-0.39, 0.29) is 0 Å². The summed E-state index contributed by atoms with van der Waals surface area (Å²) in [7, 11) is 0. The largest absolute Gasteiger partial charge is 0.226 e. The van der Waals surface area contributed by atoms with Crippen molar-refractivity contribution in [2.75, 3.05) is 0 Å². The van der Waals surface area contributed by atoms with Crippen molar-refractivity contribution in [3.63, 3.8) is 0 Å². The molecule has 1 aliphatic rings. The fraction of sp³-hybridized carbons (Fsp3) is 0.500. The van der Waals surface area contributed by atoms with Gasteiger partial charge in [0.25, 0.3) is 0 Å². The molecule has 0 bridgehead atoms. The number of halogens is 2. The summed E-state index contributed by atoms with van der Waals surface area (Å²) in [6, 6.07) is 1.86. The van der Waals surface area contributed by atoms with Crippen molar-refractivity contribution in [2.24, 2.45) is 5.92 Å². The Balaban J connectivity index is 2.18. The van der Waals surface area contributed by atoms with Gasteiger partial charge in [-0.1, -0.05) is 0 Å². The van der Waals surface area contributed by atoms with E-state index >= 15 is 0 Å². The summed E-state index contributed by atoms with van der Waals surface area (Å²) in [4.78, 5) is 8.58.